The van der Waals surface area contributed by atoms with Gasteiger partial charge < -0.3 is 14.2 Å². The zero-order chi connectivity index (χ0) is 17.8. The van der Waals surface area contributed by atoms with E-state index in [2.05, 4.69) is 22.0 Å². The maximum Gasteiger partial charge on any atom is 0.213 e. The molecule has 3 atom stereocenters. The first-order chi connectivity index (χ1) is 12.8. The molecule has 1 aliphatic carbocycles. The quantitative estimate of drug-likeness (QED) is 0.797. The van der Waals surface area contributed by atoms with Crippen LogP contribution in [0, 0.1) is 5.92 Å². The molecule has 0 spiro atoms. The van der Waals surface area contributed by atoms with E-state index in [1.165, 1.54) is 5.56 Å². The molecule has 2 fully saturated rings. The van der Waals surface area contributed by atoms with E-state index in [0.717, 1.165) is 38.3 Å². The third-order valence-corrected chi connectivity index (χ3v) is 5.40. The highest BCUT2D eigenvalue weighted by atomic mass is 16.5. The molecule has 1 aromatic carbocycles. The molecule has 0 N–H and O–H groups in total. The standard InChI is InChI=1S/C21H26N2O3/c1-24-18-7-5-16(6-8-18)14-23-10-11-25-20-13-17(12-19(20)23)15-26-21-4-2-3-9-22-21/h2-9,17,19-20H,10-15H2,1H3/t17-,19+,20-/m1/s1. The maximum atomic E-state index is 6.06. The Bertz CT molecular complexity index is 692. The molecular formula is C21H26N2O3. The second-order valence-corrected chi connectivity index (χ2v) is 7.11. The first-order valence-corrected chi connectivity index (χ1v) is 9.34. The molecule has 0 radical (unpaired) electrons. The first-order valence-electron chi connectivity index (χ1n) is 9.34. The largest absolute Gasteiger partial charge is 0.497 e. The average Bonchev–Trinajstić information content (AvgIpc) is 3.12. The molecular weight excluding hydrogens is 328 g/mol. The Morgan fingerprint density at radius 1 is 1.15 bits per heavy atom. The summed E-state index contributed by atoms with van der Waals surface area (Å²) in [6.07, 6.45) is 4.27. The second kappa shape index (κ2) is 8.06. The number of methoxy groups -OCH3 is 1. The van der Waals surface area contributed by atoms with Gasteiger partial charge in [0.1, 0.15) is 5.75 Å². The minimum atomic E-state index is 0.319. The second-order valence-electron chi connectivity index (χ2n) is 7.11. The van der Waals surface area contributed by atoms with Gasteiger partial charge in [-0.05, 0) is 42.5 Å². The number of aromatic nitrogens is 1. The van der Waals surface area contributed by atoms with E-state index in [-0.39, 0.29) is 0 Å². The molecule has 2 aromatic rings. The van der Waals surface area contributed by atoms with Crippen molar-refractivity contribution in [2.24, 2.45) is 5.92 Å². The van der Waals surface area contributed by atoms with Crippen LogP contribution in [0.3, 0.4) is 0 Å². The van der Waals surface area contributed by atoms with Crippen molar-refractivity contribution >= 4 is 0 Å². The van der Waals surface area contributed by atoms with E-state index in [1.54, 1.807) is 13.3 Å². The van der Waals surface area contributed by atoms with Crippen molar-refractivity contribution in [2.75, 3.05) is 26.9 Å². The van der Waals surface area contributed by atoms with Gasteiger partial charge in [-0.3, -0.25) is 4.90 Å². The summed E-state index contributed by atoms with van der Waals surface area (Å²) in [6.45, 7) is 3.47. The number of pyridine rings is 1. The summed E-state index contributed by atoms with van der Waals surface area (Å²) in [7, 11) is 1.70. The minimum absolute atomic E-state index is 0.319. The highest BCUT2D eigenvalue weighted by Crippen LogP contribution is 2.35. The summed E-state index contributed by atoms with van der Waals surface area (Å²) in [6, 6.07) is 14.6. The fraction of sp³-hybridized carbons (Fsp3) is 0.476. The van der Waals surface area contributed by atoms with Crippen LogP contribution in [0.15, 0.2) is 48.7 Å². The lowest BCUT2D eigenvalue weighted by atomic mass is 10.1. The fourth-order valence-electron chi connectivity index (χ4n) is 4.06. The van der Waals surface area contributed by atoms with E-state index >= 15 is 0 Å². The fourth-order valence-corrected chi connectivity index (χ4v) is 4.06. The number of rotatable bonds is 6. The molecule has 1 aromatic heterocycles. The molecule has 0 amide bonds. The first kappa shape index (κ1) is 17.3. The molecule has 0 bridgehead atoms. The summed E-state index contributed by atoms with van der Waals surface area (Å²) >= 11 is 0. The lowest BCUT2D eigenvalue weighted by Crippen LogP contribution is -2.47. The summed E-state index contributed by atoms with van der Waals surface area (Å²) < 4.78 is 17.2. The maximum absolute atomic E-state index is 6.06. The zero-order valence-corrected chi connectivity index (χ0v) is 15.2. The van der Waals surface area contributed by atoms with Gasteiger partial charge in [0.25, 0.3) is 0 Å². The normalized spacial score (nSPS) is 25.7. The third-order valence-electron chi connectivity index (χ3n) is 5.40. The van der Waals surface area contributed by atoms with Gasteiger partial charge in [0.05, 0.1) is 26.4 Å². The van der Waals surface area contributed by atoms with Crippen molar-refractivity contribution in [1.82, 2.24) is 9.88 Å². The molecule has 2 aliphatic rings. The Kier molecular flexibility index (Phi) is 5.37. The molecule has 2 heterocycles. The SMILES string of the molecule is COc1ccc(CN2CCO[C@@H]3C[C@H](COc4ccccn4)C[C@@H]32)cc1. The zero-order valence-electron chi connectivity index (χ0n) is 15.2. The van der Waals surface area contributed by atoms with Crippen LogP contribution in [0.5, 0.6) is 11.6 Å². The van der Waals surface area contributed by atoms with Crippen molar-refractivity contribution in [3.8, 4) is 11.6 Å². The van der Waals surface area contributed by atoms with Crippen LogP contribution >= 0.6 is 0 Å². The van der Waals surface area contributed by atoms with E-state index in [1.807, 2.05) is 30.3 Å². The van der Waals surface area contributed by atoms with Crippen molar-refractivity contribution in [3.63, 3.8) is 0 Å². The van der Waals surface area contributed by atoms with Crippen LogP contribution in [0.1, 0.15) is 18.4 Å². The molecule has 1 aliphatic heterocycles. The van der Waals surface area contributed by atoms with Crippen molar-refractivity contribution in [3.05, 3.63) is 54.2 Å². The average molecular weight is 354 g/mol. The topological polar surface area (TPSA) is 43.8 Å². The molecule has 26 heavy (non-hydrogen) atoms. The number of ether oxygens (including phenoxy) is 3. The lowest BCUT2D eigenvalue weighted by molar-refractivity contribution is -0.0590. The summed E-state index contributed by atoms with van der Waals surface area (Å²) in [5, 5.41) is 0. The van der Waals surface area contributed by atoms with Crippen molar-refractivity contribution in [2.45, 2.75) is 31.5 Å². The molecule has 0 unspecified atom stereocenters. The molecule has 4 rings (SSSR count). The number of benzene rings is 1. The molecule has 5 heteroatoms. The van der Waals surface area contributed by atoms with Crippen LogP contribution < -0.4 is 9.47 Å². The van der Waals surface area contributed by atoms with Gasteiger partial charge in [-0.15, -0.1) is 0 Å². The number of hydrogen-bond donors (Lipinski definition) is 0. The van der Waals surface area contributed by atoms with Crippen LogP contribution in [-0.2, 0) is 11.3 Å². The van der Waals surface area contributed by atoms with Crippen molar-refractivity contribution < 1.29 is 14.2 Å². The molecule has 5 nitrogen and oxygen atoms in total. The predicted octanol–water partition coefficient (Wildman–Crippen LogP) is 3.15. The number of nitrogens with zero attached hydrogens (tertiary/aromatic N) is 2. The number of hydrogen-bond acceptors (Lipinski definition) is 5. The molecule has 1 saturated heterocycles. The van der Waals surface area contributed by atoms with Gasteiger partial charge in [-0.2, -0.15) is 0 Å². The van der Waals surface area contributed by atoms with E-state index in [4.69, 9.17) is 14.2 Å². The van der Waals surface area contributed by atoms with E-state index in [9.17, 15) is 0 Å². The Hall–Kier alpha value is -2.11. The Morgan fingerprint density at radius 2 is 2.04 bits per heavy atom. The smallest absolute Gasteiger partial charge is 0.213 e. The van der Waals surface area contributed by atoms with Crippen LogP contribution in [0.4, 0.5) is 0 Å². The van der Waals surface area contributed by atoms with Gasteiger partial charge in [0.2, 0.25) is 5.88 Å². The highest BCUT2D eigenvalue weighted by Gasteiger charge is 2.41. The summed E-state index contributed by atoms with van der Waals surface area (Å²) in [5.74, 6) is 2.13. The van der Waals surface area contributed by atoms with Crippen LogP contribution in [0.25, 0.3) is 0 Å². The van der Waals surface area contributed by atoms with Gasteiger partial charge >= 0.3 is 0 Å². The number of fused-ring (bicyclic) bond motifs is 1. The lowest BCUT2D eigenvalue weighted by Gasteiger charge is -2.37. The Balaban J connectivity index is 1.35. The minimum Gasteiger partial charge on any atom is -0.497 e. The third kappa shape index (κ3) is 4.00. The Labute approximate surface area is 154 Å². The van der Waals surface area contributed by atoms with Gasteiger partial charge in [-0.25, -0.2) is 4.98 Å². The summed E-state index contributed by atoms with van der Waals surface area (Å²) in [5.41, 5.74) is 1.32. The Morgan fingerprint density at radius 3 is 2.81 bits per heavy atom. The van der Waals surface area contributed by atoms with Crippen LogP contribution in [-0.4, -0.2) is 48.9 Å². The number of morpholine rings is 1. The molecule has 138 valence electrons. The van der Waals surface area contributed by atoms with E-state index in [0.29, 0.717) is 30.6 Å². The monoisotopic (exact) mass is 354 g/mol. The summed E-state index contributed by atoms with van der Waals surface area (Å²) in [4.78, 5) is 6.81. The van der Waals surface area contributed by atoms with Gasteiger partial charge in [0.15, 0.2) is 0 Å². The van der Waals surface area contributed by atoms with Crippen molar-refractivity contribution in [1.29, 1.82) is 0 Å². The van der Waals surface area contributed by atoms with Gasteiger partial charge in [0, 0.05) is 31.4 Å². The van der Waals surface area contributed by atoms with E-state index < -0.39 is 0 Å². The highest BCUT2D eigenvalue weighted by molar-refractivity contribution is 5.27. The van der Waals surface area contributed by atoms with Crippen LogP contribution in [0.2, 0.25) is 0 Å². The van der Waals surface area contributed by atoms with Gasteiger partial charge in [-0.1, -0.05) is 18.2 Å². The molecule has 1 saturated carbocycles. The predicted molar refractivity (Wildman–Crippen MR) is 99.4 cm³/mol.